The van der Waals surface area contributed by atoms with Crippen LogP contribution in [0.1, 0.15) is 34.5 Å². The van der Waals surface area contributed by atoms with Gasteiger partial charge in [-0.05, 0) is 43.7 Å². The van der Waals surface area contributed by atoms with Gasteiger partial charge in [-0.1, -0.05) is 23.8 Å². The van der Waals surface area contributed by atoms with Crippen molar-refractivity contribution in [3.63, 3.8) is 0 Å². The molecule has 1 aliphatic heterocycles. The van der Waals surface area contributed by atoms with Crippen molar-refractivity contribution in [2.75, 3.05) is 6.79 Å². The van der Waals surface area contributed by atoms with Crippen LogP contribution < -0.4 is 14.8 Å². The lowest BCUT2D eigenvalue weighted by molar-refractivity contribution is 0.0939. The summed E-state index contributed by atoms with van der Waals surface area (Å²) < 4.78 is 10.6. The second kappa shape index (κ2) is 5.48. The van der Waals surface area contributed by atoms with Crippen LogP contribution in [-0.4, -0.2) is 12.7 Å². The van der Waals surface area contributed by atoms with E-state index in [1.54, 1.807) is 0 Å². The van der Waals surface area contributed by atoms with Gasteiger partial charge in [0.25, 0.3) is 5.91 Å². The number of aryl methyl sites for hydroxylation is 1. The van der Waals surface area contributed by atoms with E-state index >= 15 is 0 Å². The summed E-state index contributed by atoms with van der Waals surface area (Å²) in [6, 6.07) is 13.2. The summed E-state index contributed by atoms with van der Waals surface area (Å²) in [5, 5.41) is 3.00. The van der Waals surface area contributed by atoms with Crippen molar-refractivity contribution >= 4 is 5.91 Å². The fourth-order valence-electron chi connectivity index (χ4n) is 2.33. The largest absolute Gasteiger partial charge is 0.454 e. The fourth-order valence-corrected chi connectivity index (χ4v) is 2.33. The van der Waals surface area contributed by atoms with Crippen LogP contribution in [0.4, 0.5) is 0 Å². The number of ether oxygens (including phenoxy) is 2. The highest BCUT2D eigenvalue weighted by Crippen LogP contribution is 2.34. The Kier molecular flexibility index (Phi) is 3.52. The fraction of sp³-hybridized carbons (Fsp3) is 0.235. The SMILES string of the molecule is Cc1cccc(C(=O)NC(C)c2ccc3c(c2)OCO3)c1. The third-order valence-electron chi connectivity index (χ3n) is 3.52. The molecule has 0 aliphatic carbocycles. The molecule has 108 valence electrons. The van der Waals surface area contributed by atoms with E-state index in [2.05, 4.69) is 5.32 Å². The van der Waals surface area contributed by atoms with Crippen LogP contribution in [0, 0.1) is 6.92 Å². The van der Waals surface area contributed by atoms with Crippen LogP contribution in [0.2, 0.25) is 0 Å². The zero-order chi connectivity index (χ0) is 14.8. The number of rotatable bonds is 3. The monoisotopic (exact) mass is 283 g/mol. The van der Waals surface area contributed by atoms with Gasteiger partial charge in [0.05, 0.1) is 6.04 Å². The van der Waals surface area contributed by atoms with Crippen molar-refractivity contribution in [3.8, 4) is 11.5 Å². The molecule has 3 rings (SSSR count). The Hall–Kier alpha value is -2.49. The van der Waals surface area contributed by atoms with Gasteiger partial charge in [0, 0.05) is 5.56 Å². The smallest absolute Gasteiger partial charge is 0.251 e. The molecule has 0 bridgehead atoms. The van der Waals surface area contributed by atoms with Gasteiger partial charge < -0.3 is 14.8 Å². The van der Waals surface area contributed by atoms with E-state index in [1.807, 2.05) is 56.3 Å². The van der Waals surface area contributed by atoms with Gasteiger partial charge in [0.1, 0.15) is 0 Å². The minimum atomic E-state index is -0.104. The molecule has 4 nitrogen and oxygen atoms in total. The predicted octanol–water partition coefficient (Wildman–Crippen LogP) is 3.21. The van der Waals surface area contributed by atoms with E-state index < -0.39 is 0 Å². The lowest BCUT2D eigenvalue weighted by atomic mass is 10.1. The normalized spacial score (nSPS) is 13.8. The third-order valence-corrected chi connectivity index (χ3v) is 3.52. The Bertz CT molecular complexity index is 681. The molecule has 0 saturated carbocycles. The zero-order valence-corrected chi connectivity index (χ0v) is 12.1. The molecule has 2 aromatic carbocycles. The first-order valence-corrected chi connectivity index (χ1v) is 6.90. The van der Waals surface area contributed by atoms with Crippen molar-refractivity contribution in [1.29, 1.82) is 0 Å². The van der Waals surface area contributed by atoms with Crippen LogP contribution in [0.25, 0.3) is 0 Å². The van der Waals surface area contributed by atoms with Crippen molar-refractivity contribution < 1.29 is 14.3 Å². The van der Waals surface area contributed by atoms with Gasteiger partial charge in [0.2, 0.25) is 6.79 Å². The van der Waals surface area contributed by atoms with Crippen molar-refractivity contribution in [1.82, 2.24) is 5.32 Å². The number of fused-ring (bicyclic) bond motifs is 1. The van der Waals surface area contributed by atoms with Gasteiger partial charge >= 0.3 is 0 Å². The number of hydrogen-bond acceptors (Lipinski definition) is 3. The molecule has 0 spiro atoms. The van der Waals surface area contributed by atoms with E-state index in [1.165, 1.54) is 0 Å². The van der Waals surface area contributed by atoms with Crippen molar-refractivity contribution in [2.24, 2.45) is 0 Å². The van der Waals surface area contributed by atoms with E-state index in [0.717, 1.165) is 22.6 Å². The lowest BCUT2D eigenvalue weighted by Gasteiger charge is -2.15. The average molecular weight is 283 g/mol. The van der Waals surface area contributed by atoms with Crippen LogP contribution in [-0.2, 0) is 0 Å². The Balaban J connectivity index is 1.74. The Morgan fingerprint density at radius 2 is 1.95 bits per heavy atom. The van der Waals surface area contributed by atoms with E-state index in [9.17, 15) is 4.79 Å². The molecule has 21 heavy (non-hydrogen) atoms. The molecule has 1 N–H and O–H groups in total. The average Bonchev–Trinajstić information content (AvgIpc) is 2.94. The quantitative estimate of drug-likeness (QED) is 0.941. The first kappa shape index (κ1) is 13.5. The summed E-state index contributed by atoms with van der Waals surface area (Å²) >= 11 is 0. The van der Waals surface area contributed by atoms with Gasteiger partial charge in [0.15, 0.2) is 11.5 Å². The van der Waals surface area contributed by atoms with Crippen molar-refractivity contribution in [3.05, 3.63) is 59.2 Å². The minimum Gasteiger partial charge on any atom is -0.454 e. The molecule has 2 aromatic rings. The molecule has 4 heteroatoms. The van der Waals surface area contributed by atoms with Crippen LogP contribution >= 0.6 is 0 Å². The maximum Gasteiger partial charge on any atom is 0.251 e. The maximum absolute atomic E-state index is 12.2. The molecular formula is C17H17NO3. The number of benzene rings is 2. The molecule has 1 unspecified atom stereocenters. The summed E-state index contributed by atoms with van der Waals surface area (Å²) in [5.74, 6) is 1.39. The van der Waals surface area contributed by atoms with Crippen LogP contribution in [0.3, 0.4) is 0 Å². The second-order valence-electron chi connectivity index (χ2n) is 5.18. The van der Waals surface area contributed by atoms with Crippen LogP contribution in [0.5, 0.6) is 11.5 Å². The number of nitrogens with one attached hydrogen (secondary N) is 1. The number of carbonyl (C=O) groups excluding carboxylic acids is 1. The molecule has 1 amide bonds. The molecular weight excluding hydrogens is 266 g/mol. The topological polar surface area (TPSA) is 47.6 Å². The summed E-state index contributed by atoms with van der Waals surface area (Å²) in [5.41, 5.74) is 2.72. The minimum absolute atomic E-state index is 0.0798. The second-order valence-corrected chi connectivity index (χ2v) is 5.18. The van der Waals surface area contributed by atoms with Crippen molar-refractivity contribution in [2.45, 2.75) is 19.9 Å². The van der Waals surface area contributed by atoms with Gasteiger partial charge in [-0.3, -0.25) is 4.79 Å². The molecule has 1 heterocycles. The number of hydrogen-bond donors (Lipinski definition) is 1. The molecule has 1 aliphatic rings. The Labute approximate surface area is 123 Å². The van der Waals surface area contributed by atoms with E-state index in [0.29, 0.717) is 5.56 Å². The van der Waals surface area contributed by atoms with Gasteiger partial charge in [-0.25, -0.2) is 0 Å². The first-order chi connectivity index (χ1) is 10.1. The number of amides is 1. The Morgan fingerprint density at radius 3 is 2.76 bits per heavy atom. The predicted molar refractivity (Wildman–Crippen MR) is 79.6 cm³/mol. The lowest BCUT2D eigenvalue weighted by Crippen LogP contribution is -2.26. The zero-order valence-electron chi connectivity index (χ0n) is 12.1. The molecule has 1 atom stereocenters. The highest BCUT2D eigenvalue weighted by atomic mass is 16.7. The summed E-state index contributed by atoms with van der Waals surface area (Å²) in [4.78, 5) is 12.2. The summed E-state index contributed by atoms with van der Waals surface area (Å²) in [6.07, 6.45) is 0. The Morgan fingerprint density at radius 1 is 1.14 bits per heavy atom. The summed E-state index contributed by atoms with van der Waals surface area (Å²) in [6.45, 7) is 4.17. The highest BCUT2D eigenvalue weighted by Gasteiger charge is 2.17. The molecule has 0 fully saturated rings. The maximum atomic E-state index is 12.2. The van der Waals surface area contributed by atoms with Gasteiger partial charge in [-0.15, -0.1) is 0 Å². The first-order valence-electron chi connectivity index (χ1n) is 6.90. The van der Waals surface area contributed by atoms with E-state index in [-0.39, 0.29) is 18.7 Å². The number of carbonyl (C=O) groups is 1. The summed E-state index contributed by atoms with van der Waals surface area (Å²) in [7, 11) is 0. The van der Waals surface area contributed by atoms with E-state index in [4.69, 9.17) is 9.47 Å². The molecule has 0 saturated heterocycles. The third kappa shape index (κ3) is 2.84. The standard InChI is InChI=1S/C17H17NO3/c1-11-4-3-5-14(8-11)17(19)18-12(2)13-6-7-15-16(9-13)21-10-20-15/h3-9,12H,10H2,1-2H3,(H,18,19). The molecule has 0 radical (unpaired) electrons. The molecule has 0 aromatic heterocycles. The van der Waals surface area contributed by atoms with Gasteiger partial charge in [-0.2, -0.15) is 0 Å². The highest BCUT2D eigenvalue weighted by molar-refractivity contribution is 5.94. The van der Waals surface area contributed by atoms with Crippen LogP contribution in [0.15, 0.2) is 42.5 Å².